The number of aromatic nitrogens is 2. The minimum Gasteiger partial charge on any atom is -0.368 e. The number of fused-ring (bicyclic) bond motifs is 1. The van der Waals surface area contributed by atoms with Crippen LogP contribution in [0.25, 0.3) is 4.96 Å². The van der Waals surface area contributed by atoms with E-state index in [0.717, 1.165) is 12.1 Å². The first kappa shape index (κ1) is 13.3. The molecule has 1 amide bonds. The van der Waals surface area contributed by atoms with Gasteiger partial charge in [-0.15, -0.1) is 11.3 Å². The molecule has 7 heteroatoms. The van der Waals surface area contributed by atoms with E-state index in [0.29, 0.717) is 23.7 Å². The summed E-state index contributed by atoms with van der Waals surface area (Å²) >= 11 is 1.41. The fraction of sp³-hybridized carbons (Fsp3) is 0.462. The molecule has 0 saturated carbocycles. The van der Waals surface area contributed by atoms with Crippen LogP contribution < -0.4 is 10.9 Å². The van der Waals surface area contributed by atoms with Crippen LogP contribution in [0.3, 0.4) is 0 Å². The Balaban J connectivity index is 2.00. The van der Waals surface area contributed by atoms with Gasteiger partial charge in [-0.25, -0.2) is 4.98 Å². The monoisotopic (exact) mass is 293 g/mol. The summed E-state index contributed by atoms with van der Waals surface area (Å²) in [5.74, 6) is -0.266. The van der Waals surface area contributed by atoms with E-state index >= 15 is 0 Å². The van der Waals surface area contributed by atoms with E-state index in [-0.39, 0.29) is 17.2 Å². The van der Waals surface area contributed by atoms with Gasteiger partial charge in [0.15, 0.2) is 4.96 Å². The highest BCUT2D eigenvalue weighted by Crippen LogP contribution is 2.18. The van der Waals surface area contributed by atoms with Crippen molar-refractivity contribution in [1.29, 1.82) is 0 Å². The third kappa shape index (κ3) is 2.12. The highest BCUT2D eigenvalue weighted by Gasteiger charge is 2.25. The molecule has 1 N–H and O–H groups in total. The summed E-state index contributed by atoms with van der Waals surface area (Å²) in [6.45, 7) is 4.16. The Morgan fingerprint density at radius 2 is 2.35 bits per heavy atom. The second-order valence-electron chi connectivity index (χ2n) is 4.86. The van der Waals surface area contributed by atoms with Crippen molar-refractivity contribution in [3.63, 3.8) is 0 Å². The van der Waals surface area contributed by atoms with Gasteiger partial charge in [-0.2, -0.15) is 0 Å². The second-order valence-corrected chi connectivity index (χ2v) is 5.70. The van der Waals surface area contributed by atoms with E-state index < -0.39 is 6.10 Å². The molecular formula is C13H15N3O3S. The lowest BCUT2D eigenvalue weighted by Gasteiger charge is -2.11. The molecule has 2 aromatic rings. The molecule has 0 aromatic carbocycles. The van der Waals surface area contributed by atoms with Gasteiger partial charge in [0.1, 0.15) is 11.8 Å². The summed E-state index contributed by atoms with van der Waals surface area (Å²) in [6, 6.07) is 0. The number of amides is 1. The molecular weight excluding hydrogens is 278 g/mol. The van der Waals surface area contributed by atoms with Gasteiger partial charge in [0.2, 0.25) is 0 Å². The molecule has 3 heterocycles. The zero-order chi connectivity index (χ0) is 14.3. The van der Waals surface area contributed by atoms with E-state index in [1.807, 2.05) is 12.3 Å². The van der Waals surface area contributed by atoms with Crippen LogP contribution in [0.1, 0.15) is 24.2 Å². The maximum Gasteiger partial charge on any atom is 0.282 e. The maximum absolute atomic E-state index is 12.5. The average Bonchev–Trinajstić information content (AvgIpc) is 3.04. The summed E-state index contributed by atoms with van der Waals surface area (Å²) in [5, 5.41) is 4.54. The number of hydrogen-bond acceptors (Lipinski definition) is 5. The number of rotatable bonds is 2. The fourth-order valence-corrected chi connectivity index (χ4v) is 3.22. The van der Waals surface area contributed by atoms with Crippen LogP contribution >= 0.6 is 11.3 Å². The quantitative estimate of drug-likeness (QED) is 0.910. The van der Waals surface area contributed by atoms with Crippen molar-refractivity contribution in [2.45, 2.75) is 32.8 Å². The zero-order valence-electron chi connectivity index (χ0n) is 11.3. The summed E-state index contributed by atoms with van der Waals surface area (Å²) < 4.78 is 6.84. The number of nitrogens with one attached hydrogen (secondary N) is 1. The Hall–Kier alpha value is -1.73. The van der Waals surface area contributed by atoms with Gasteiger partial charge in [-0.1, -0.05) is 0 Å². The molecule has 1 aliphatic rings. The van der Waals surface area contributed by atoms with Crippen molar-refractivity contribution in [3.05, 3.63) is 27.1 Å². The molecule has 1 saturated heterocycles. The van der Waals surface area contributed by atoms with Crippen molar-refractivity contribution in [2.75, 3.05) is 11.9 Å². The molecule has 0 unspecified atom stereocenters. The minimum absolute atomic E-state index is 0.238. The highest BCUT2D eigenvalue weighted by atomic mass is 32.1. The fourth-order valence-electron chi connectivity index (χ4n) is 2.32. The standard InChI is InChI=1S/C13H15N3O3S/c1-7-6-20-13-14-8(2)10(12(18)16(7)13)15-11(17)9-4-3-5-19-9/h6,9H,3-5H2,1-2H3,(H,15,17)/t9-/m1/s1. The lowest BCUT2D eigenvalue weighted by Crippen LogP contribution is -2.31. The Bertz CT molecular complexity index is 728. The van der Waals surface area contributed by atoms with Crippen molar-refractivity contribution < 1.29 is 9.53 Å². The smallest absolute Gasteiger partial charge is 0.282 e. The number of hydrogen-bond donors (Lipinski definition) is 1. The summed E-state index contributed by atoms with van der Waals surface area (Å²) in [5.41, 5.74) is 1.35. The molecule has 106 valence electrons. The second kappa shape index (κ2) is 4.99. The Morgan fingerprint density at radius 1 is 1.55 bits per heavy atom. The molecule has 0 radical (unpaired) electrons. The van der Waals surface area contributed by atoms with Crippen LogP contribution in [0.15, 0.2) is 10.2 Å². The van der Waals surface area contributed by atoms with Gasteiger partial charge in [-0.3, -0.25) is 14.0 Å². The van der Waals surface area contributed by atoms with Crippen molar-refractivity contribution in [1.82, 2.24) is 9.38 Å². The molecule has 2 aromatic heterocycles. The molecule has 6 nitrogen and oxygen atoms in total. The largest absolute Gasteiger partial charge is 0.368 e. The van der Waals surface area contributed by atoms with Gasteiger partial charge in [-0.05, 0) is 26.7 Å². The van der Waals surface area contributed by atoms with Crippen LogP contribution in [0, 0.1) is 13.8 Å². The van der Waals surface area contributed by atoms with E-state index in [9.17, 15) is 9.59 Å². The first-order chi connectivity index (χ1) is 9.58. The number of anilines is 1. The first-order valence-electron chi connectivity index (χ1n) is 6.48. The van der Waals surface area contributed by atoms with Crippen LogP contribution in [0.2, 0.25) is 0 Å². The van der Waals surface area contributed by atoms with Gasteiger partial charge < -0.3 is 10.1 Å². The number of thiazole rings is 1. The molecule has 1 aliphatic heterocycles. The molecule has 0 spiro atoms. The van der Waals surface area contributed by atoms with Gasteiger partial charge in [0.05, 0.1) is 5.69 Å². The minimum atomic E-state index is -0.460. The molecule has 0 bridgehead atoms. The Kier molecular flexibility index (Phi) is 3.31. The average molecular weight is 293 g/mol. The lowest BCUT2D eigenvalue weighted by molar-refractivity contribution is -0.124. The molecule has 0 aliphatic carbocycles. The summed E-state index contributed by atoms with van der Waals surface area (Å²) in [6.07, 6.45) is 1.11. The first-order valence-corrected chi connectivity index (χ1v) is 7.36. The van der Waals surface area contributed by atoms with Gasteiger partial charge in [0, 0.05) is 17.7 Å². The maximum atomic E-state index is 12.5. The zero-order valence-corrected chi connectivity index (χ0v) is 12.1. The number of aryl methyl sites for hydroxylation is 2. The molecule has 3 rings (SSSR count). The highest BCUT2D eigenvalue weighted by molar-refractivity contribution is 7.15. The third-order valence-electron chi connectivity index (χ3n) is 3.39. The molecule has 20 heavy (non-hydrogen) atoms. The SMILES string of the molecule is Cc1nc2scc(C)n2c(=O)c1NC(=O)[C@H]1CCCO1. The van der Waals surface area contributed by atoms with Crippen LogP contribution in [-0.2, 0) is 9.53 Å². The van der Waals surface area contributed by atoms with Gasteiger partial charge >= 0.3 is 0 Å². The van der Waals surface area contributed by atoms with E-state index in [1.165, 1.54) is 15.7 Å². The predicted octanol–water partition coefficient (Wildman–Crippen LogP) is 1.49. The number of ether oxygens (including phenoxy) is 1. The van der Waals surface area contributed by atoms with Crippen LogP contribution in [-0.4, -0.2) is 28.0 Å². The van der Waals surface area contributed by atoms with Gasteiger partial charge in [0.25, 0.3) is 11.5 Å². The van der Waals surface area contributed by atoms with Crippen LogP contribution in [0.5, 0.6) is 0 Å². The summed E-state index contributed by atoms with van der Waals surface area (Å²) in [4.78, 5) is 29.5. The molecule has 1 fully saturated rings. The number of carbonyl (C=O) groups excluding carboxylic acids is 1. The van der Waals surface area contributed by atoms with Crippen molar-refractivity contribution >= 4 is 27.9 Å². The Labute approximate surface area is 119 Å². The number of carbonyl (C=O) groups is 1. The van der Waals surface area contributed by atoms with Crippen molar-refractivity contribution in [2.24, 2.45) is 0 Å². The van der Waals surface area contributed by atoms with E-state index in [1.54, 1.807) is 6.92 Å². The predicted molar refractivity (Wildman–Crippen MR) is 76.4 cm³/mol. The van der Waals surface area contributed by atoms with E-state index in [4.69, 9.17) is 4.74 Å². The lowest BCUT2D eigenvalue weighted by atomic mass is 10.2. The molecule has 1 atom stereocenters. The normalized spacial score (nSPS) is 18.6. The number of nitrogens with zero attached hydrogens (tertiary/aromatic N) is 2. The summed E-state index contributed by atoms with van der Waals surface area (Å²) in [7, 11) is 0. The van der Waals surface area contributed by atoms with Crippen LogP contribution in [0.4, 0.5) is 5.69 Å². The van der Waals surface area contributed by atoms with E-state index in [2.05, 4.69) is 10.3 Å². The Morgan fingerprint density at radius 3 is 3.05 bits per heavy atom. The third-order valence-corrected chi connectivity index (χ3v) is 4.33. The van der Waals surface area contributed by atoms with Crippen molar-refractivity contribution in [3.8, 4) is 0 Å². The topological polar surface area (TPSA) is 72.7 Å².